The molecule has 16 heavy (non-hydrogen) atoms. The van der Waals surface area contributed by atoms with Crippen molar-refractivity contribution in [1.82, 2.24) is 14.9 Å². The normalized spacial score (nSPS) is 16.1. The highest BCUT2D eigenvalue weighted by Gasteiger charge is 2.27. The van der Waals surface area contributed by atoms with E-state index in [0.29, 0.717) is 12.2 Å². The Labute approximate surface area is 97.7 Å². The first-order chi connectivity index (χ1) is 7.22. The number of aryl methyl sites for hydroxylation is 1. The van der Waals surface area contributed by atoms with Crippen LogP contribution in [-0.2, 0) is 12.6 Å². The monoisotopic (exact) mass is 225 g/mol. The van der Waals surface area contributed by atoms with Crippen LogP contribution in [0, 0.1) is 0 Å². The molecule has 1 rings (SSSR count). The maximum absolute atomic E-state index is 10.3. The molecule has 0 aliphatic rings. The van der Waals surface area contributed by atoms with Crippen LogP contribution < -0.4 is 5.32 Å². The van der Waals surface area contributed by atoms with E-state index in [1.54, 1.807) is 13.1 Å². The Morgan fingerprint density at radius 1 is 1.38 bits per heavy atom. The zero-order valence-electron chi connectivity index (χ0n) is 10.9. The van der Waals surface area contributed by atoms with Gasteiger partial charge in [-0.05, 0) is 40.7 Å². The minimum absolute atomic E-state index is 0.0811. The Bertz CT molecular complexity index is 336. The van der Waals surface area contributed by atoms with Crippen LogP contribution in [0.3, 0.4) is 0 Å². The van der Waals surface area contributed by atoms with Gasteiger partial charge in [-0.1, -0.05) is 0 Å². The largest absolute Gasteiger partial charge is 0.382 e. The molecule has 92 valence electrons. The first kappa shape index (κ1) is 13.2. The molecule has 0 aromatic carbocycles. The molecule has 0 aliphatic heterocycles. The fourth-order valence-electron chi connectivity index (χ4n) is 1.68. The zero-order valence-corrected chi connectivity index (χ0v) is 10.9. The second-order valence-electron chi connectivity index (χ2n) is 5.56. The molecule has 0 amide bonds. The van der Waals surface area contributed by atoms with Gasteiger partial charge in [0, 0.05) is 25.0 Å². The summed E-state index contributed by atoms with van der Waals surface area (Å²) in [5, 5.41) is 13.7. The van der Waals surface area contributed by atoms with Crippen LogP contribution in [0.2, 0.25) is 0 Å². The minimum Gasteiger partial charge on any atom is -0.382 e. The van der Waals surface area contributed by atoms with Crippen molar-refractivity contribution in [3.05, 3.63) is 18.2 Å². The van der Waals surface area contributed by atoms with Crippen LogP contribution in [0.4, 0.5) is 0 Å². The highest BCUT2D eigenvalue weighted by molar-refractivity contribution is 5.02. The van der Waals surface area contributed by atoms with E-state index in [0.717, 1.165) is 6.54 Å². The van der Waals surface area contributed by atoms with Crippen LogP contribution in [0.25, 0.3) is 0 Å². The van der Waals surface area contributed by atoms with Crippen LogP contribution in [0.5, 0.6) is 0 Å². The fourth-order valence-corrected chi connectivity index (χ4v) is 1.68. The zero-order chi connectivity index (χ0) is 12.4. The quantitative estimate of drug-likeness (QED) is 0.814. The molecule has 0 saturated heterocycles. The summed E-state index contributed by atoms with van der Waals surface area (Å²) in [6, 6.07) is 0. The number of nitrogens with zero attached hydrogens (tertiary/aromatic N) is 2. The summed E-state index contributed by atoms with van der Waals surface area (Å²) in [6.07, 6.45) is 4.21. The summed E-state index contributed by atoms with van der Waals surface area (Å²) in [6.45, 7) is 8.91. The van der Waals surface area contributed by atoms with Gasteiger partial charge in [-0.25, -0.2) is 4.98 Å². The molecule has 0 bridgehead atoms. The van der Waals surface area contributed by atoms with Crippen LogP contribution in [0.1, 0.15) is 39.9 Å². The predicted octanol–water partition coefficient (Wildman–Crippen LogP) is 1.41. The number of hydrogen-bond donors (Lipinski definition) is 2. The Hall–Kier alpha value is -0.870. The number of aliphatic hydroxyl groups is 1. The molecule has 4 nitrogen and oxygen atoms in total. The lowest BCUT2D eigenvalue weighted by Gasteiger charge is -2.26. The number of rotatable bonds is 4. The Morgan fingerprint density at radius 2 is 2.00 bits per heavy atom. The maximum atomic E-state index is 10.3. The molecular weight excluding hydrogens is 202 g/mol. The predicted molar refractivity (Wildman–Crippen MR) is 65.2 cm³/mol. The van der Waals surface area contributed by atoms with Gasteiger partial charge in [0.25, 0.3) is 0 Å². The van der Waals surface area contributed by atoms with E-state index in [-0.39, 0.29) is 5.54 Å². The van der Waals surface area contributed by atoms with Crippen molar-refractivity contribution in [2.45, 2.75) is 45.3 Å². The third kappa shape index (κ3) is 3.61. The average Bonchev–Trinajstić information content (AvgIpc) is 2.48. The summed E-state index contributed by atoms with van der Waals surface area (Å²) >= 11 is 0. The van der Waals surface area contributed by atoms with E-state index in [9.17, 15) is 5.11 Å². The molecule has 0 spiro atoms. The lowest BCUT2D eigenvalue weighted by atomic mass is 10.0. The number of imidazole rings is 1. The van der Waals surface area contributed by atoms with Crippen molar-refractivity contribution >= 4 is 0 Å². The molecular formula is C12H23N3O. The summed E-state index contributed by atoms with van der Waals surface area (Å²) < 4.78 is 1.86. The SMILES string of the molecule is Cn1ccnc1C(C)(O)CCNC(C)(C)C. The van der Waals surface area contributed by atoms with Crippen molar-refractivity contribution in [3.8, 4) is 0 Å². The van der Waals surface area contributed by atoms with Gasteiger partial charge in [-0.2, -0.15) is 0 Å². The molecule has 1 aromatic rings. The minimum atomic E-state index is -0.878. The van der Waals surface area contributed by atoms with Crippen molar-refractivity contribution in [1.29, 1.82) is 0 Å². The van der Waals surface area contributed by atoms with Gasteiger partial charge in [0.1, 0.15) is 11.4 Å². The Balaban J connectivity index is 2.56. The molecule has 4 heteroatoms. The molecule has 1 aromatic heterocycles. The van der Waals surface area contributed by atoms with E-state index < -0.39 is 5.60 Å². The first-order valence-electron chi connectivity index (χ1n) is 5.67. The van der Waals surface area contributed by atoms with Crippen molar-refractivity contribution < 1.29 is 5.11 Å². The lowest BCUT2D eigenvalue weighted by Crippen LogP contribution is -2.39. The van der Waals surface area contributed by atoms with Gasteiger partial charge in [0.05, 0.1) is 0 Å². The van der Waals surface area contributed by atoms with Crippen LogP contribution in [0.15, 0.2) is 12.4 Å². The third-order valence-corrected chi connectivity index (χ3v) is 2.57. The summed E-state index contributed by atoms with van der Waals surface area (Å²) in [7, 11) is 1.90. The van der Waals surface area contributed by atoms with E-state index in [2.05, 4.69) is 31.1 Å². The van der Waals surface area contributed by atoms with E-state index in [4.69, 9.17) is 0 Å². The number of hydrogen-bond acceptors (Lipinski definition) is 3. The van der Waals surface area contributed by atoms with Gasteiger partial charge in [0.2, 0.25) is 0 Å². The van der Waals surface area contributed by atoms with E-state index in [1.807, 2.05) is 17.8 Å². The number of nitrogens with one attached hydrogen (secondary N) is 1. The van der Waals surface area contributed by atoms with Crippen molar-refractivity contribution in [2.75, 3.05) is 6.54 Å². The second kappa shape index (κ2) is 4.55. The van der Waals surface area contributed by atoms with Crippen LogP contribution in [-0.4, -0.2) is 26.7 Å². The molecule has 1 heterocycles. The molecule has 1 atom stereocenters. The molecule has 0 radical (unpaired) electrons. The maximum Gasteiger partial charge on any atom is 0.140 e. The number of aromatic nitrogens is 2. The van der Waals surface area contributed by atoms with Gasteiger partial charge in [0.15, 0.2) is 0 Å². The van der Waals surface area contributed by atoms with Gasteiger partial charge < -0.3 is 15.0 Å². The molecule has 1 unspecified atom stereocenters. The topological polar surface area (TPSA) is 50.1 Å². The molecule has 0 aliphatic carbocycles. The summed E-state index contributed by atoms with van der Waals surface area (Å²) in [4.78, 5) is 4.19. The van der Waals surface area contributed by atoms with Gasteiger partial charge in [-0.15, -0.1) is 0 Å². The first-order valence-corrected chi connectivity index (χ1v) is 5.67. The van der Waals surface area contributed by atoms with Crippen molar-refractivity contribution in [2.24, 2.45) is 7.05 Å². The Morgan fingerprint density at radius 3 is 2.44 bits per heavy atom. The van der Waals surface area contributed by atoms with Gasteiger partial charge in [-0.3, -0.25) is 0 Å². The summed E-state index contributed by atoms with van der Waals surface area (Å²) in [5.74, 6) is 0.711. The molecule has 0 saturated carbocycles. The molecule has 0 fully saturated rings. The average molecular weight is 225 g/mol. The van der Waals surface area contributed by atoms with Crippen LogP contribution >= 0.6 is 0 Å². The molecule has 2 N–H and O–H groups in total. The smallest absolute Gasteiger partial charge is 0.140 e. The van der Waals surface area contributed by atoms with E-state index in [1.165, 1.54) is 0 Å². The van der Waals surface area contributed by atoms with E-state index >= 15 is 0 Å². The second-order valence-corrected chi connectivity index (χ2v) is 5.56. The van der Waals surface area contributed by atoms with Gasteiger partial charge >= 0.3 is 0 Å². The standard InChI is InChI=1S/C12H23N3O/c1-11(2,3)14-7-6-12(4,16)10-13-8-9-15(10)5/h8-9,14,16H,6-7H2,1-5H3. The highest BCUT2D eigenvalue weighted by atomic mass is 16.3. The summed E-state index contributed by atoms with van der Waals surface area (Å²) in [5.41, 5.74) is -0.797. The third-order valence-electron chi connectivity index (χ3n) is 2.57. The van der Waals surface area contributed by atoms with Crippen molar-refractivity contribution in [3.63, 3.8) is 0 Å². The Kier molecular flexibility index (Phi) is 3.76. The fraction of sp³-hybridized carbons (Fsp3) is 0.750. The highest BCUT2D eigenvalue weighted by Crippen LogP contribution is 2.21. The lowest BCUT2D eigenvalue weighted by molar-refractivity contribution is 0.0346.